The van der Waals surface area contributed by atoms with Crippen LogP contribution in [0.3, 0.4) is 0 Å². The molecule has 0 spiro atoms. The van der Waals surface area contributed by atoms with Crippen LogP contribution in [0.15, 0.2) is 40.9 Å². The first-order valence-electron chi connectivity index (χ1n) is 6.50. The van der Waals surface area contributed by atoms with Gasteiger partial charge in [-0.25, -0.2) is 4.68 Å². The number of furan rings is 1. The standard InChI is InChI=1S/C15H9ClN4O3/c1-9-2-3-11(6-12(9)16)19-8-10(7-17)15(18-19)13-4-5-14(23-13)20(21)22/h2-6,8H,1H3. The number of rotatable bonds is 3. The monoisotopic (exact) mass is 328 g/mol. The van der Waals surface area contributed by atoms with Crippen LogP contribution in [0.2, 0.25) is 5.02 Å². The molecule has 0 saturated carbocycles. The molecule has 0 aliphatic rings. The Morgan fingerprint density at radius 3 is 2.78 bits per heavy atom. The second kappa shape index (κ2) is 5.59. The van der Waals surface area contributed by atoms with Crippen LogP contribution in [-0.2, 0) is 0 Å². The van der Waals surface area contributed by atoms with E-state index in [0.717, 1.165) is 5.56 Å². The van der Waals surface area contributed by atoms with Crippen molar-refractivity contribution in [2.45, 2.75) is 6.92 Å². The summed E-state index contributed by atoms with van der Waals surface area (Å²) in [7, 11) is 0. The minimum atomic E-state index is -0.647. The molecule has 3 aromatic rings. The number of nitro groups is 1. The Bertz CT molecular complexity index is 952. The molecule has 3 rings (SSSR count). The van der Waals surface area contributed by atoms with E-state index in [1.165, 1.54) is 23.0 Å². The highest BCUT2D eigenvalue weighted by Gasteiger charge is 2.19. The number of benzene rings is 1. The lowest BCUT2D eigenvalue weighted by Gasteiger charge is -2.03. The number of hydrogen-bond acceptors (Lipinski definition) is 5. The van der Waals surface area contributed by atoms with Crippen molar-refractivity contribution in [2.24, 2.45) is 0 Å². The lowest BCUT2D eigenvalue weighted by Crippen LogP contribution is -1.95. The molecule has 2 aromatic heterocycles. The first-order valence-corrected chi connectivity index (χ1v) is 6.88. The third kappa shape index (κ3) is 2.67. The molecule has 0 atom stereocenters. The molecule has 7 nitrogen and oxygen atoms in total. The van der Waals surface area contributed by atoms with Crippen molar-refractivity contribution in [3.05, 3.63) is 62.8 Å². The van der Waals surface area contributed by atoms with Gasteiger partial charge in [0.15, 0.2) is 5.76 Å². The van der Waals surface area contributed by atoms with Gasteiger partial charge in [-0.1, -0.05) is 17.7 Å². The third-order valence-electron chi connectivity index (χ3n) is 3.26. The van der Waals surface area contributed by atoms with Gasteiger partial charge in [0.1, 0.15) is 22.2 Å². The van der Waals surface area contributed by atoms with Crippen LogP contribution < -0.4 is 0 Å². The van der Waals surface area contributed by atoms with Crippen LogP contribution in [0.1, 0.15) is 11.1 Å². The Morgan fingerprint density at radius 1 is 1.39 bits per heavy atom. The lowest BCUT2D eigenvalue weighted by molar-refractivity contribution is -0.401. The first kappa shape index (κ1) is 14.8. The summed E-state index contributed by atoms with van der Waals surface area (Å²) in [5, 5.41) is 24.8. The molecule has 0 radical (unpaired) electrons. The maximum absolute atomic E-state index is 10.7. The van der Waals surface area contributed by atoms with E-state index in [2.05, 4.69) is 5.10 Å². The molecule has 0 bridgehead atoms. The zero-order valence-corrected chi connectivity index (χ0v) is 12.6. The SMILES string of the molecule is Cc1ccc(-n2cc(C#N)c(-c3ccc([N+](=O)[O-])o3)n2)cc1Cl. The van der Waals surface area contributed by atoms with Gasteiger partial charge in [-0.05, 0) is 30.7 Å². The van der Waals surface area contributed by atoms with Crippen molar-refractivity contribution in [2.75, 3.05) is 0 Å². The van der Waals surface area contributed by atoms with Crippen LogP contribution in [0.5, 0.6) is 0 Å². The average Bonchev–Trinajstić information content (AvgIpc) is 3.15. The van der Waals surface area contributed by atoms with Gasteiger partial charge < -0.3 is 4.42 Å². The fourth-order valence-electron chi connectivity index (χ4n) is 2.05. The molecule has 23 heavy (non-hydrogen) atoms. The van der Waals surface area contributed by atoms with E-state index in [1.54, 1.807) is 6.07 Å². The fourth-order valence-corrected chi connectivity index (χ4v) is 2.22. The smallest absolute Gasteiger partial charge is 0.399 e. The van der Waals surface area contributed by atoms with Gasteiger partial charge in [0.2, 0.25) is 0 Å². The number of aromatic nitrogens is 2. The molecule has 114 valence electrons. The summed E-state index contributed by atoms with van der Waals surface area (Å²) in [6, 6.07) is 10.0. The summed E-state index contributed by atoms with van der Waals surface area (Å²) in [4.78, 5) is 10.1. The number of nitrogens with zero attached hydrogens (tertiary/aromatic N) is 4. The van der Waals surface area contributed by atoms with Crippen LogP contribution in [0, 0.1) is 28.4 Å². The summed E-state index contributed by atoms with van der Waals surface area (Å²) in [6.45, 7) is 1.88. The molecule has 0 saturated heterocycles. The first-order chi connectivity index (χ1) is 11.0. The van der Waals surface area contributed by atoms with Crippen molar-refractivity contribution in [1.82, 2.24) is 9.78 Å². The molecule has 0 N–H and O–H groups in total. The molecular formula is C15H9ClN4O3. The summed E-state index contributed by atoms with van der Waals surface area (Å²) >= 11 is 6.10. The van der Waals surface area contributed by atoms with Gasteiger partial charge in [-0.3, -0.25) is 10.1 Å². The van der Waals surface area contributed by atoms with Gasteiger partial charge in [0.25, 0.3) is 0 Å². The highest BCUT2D eigenvalue weighted by molar-refractivity contribution is 6.31. The fraction of sp³-hybridized carbons (Fsp3) is 0.0667. The maximum atomic E-state index is 10.7. The molecule has 0 aliphatic carbocycles. The lowest BCUT2D eigenvalue weighted by atomic mass is 10.2. The van der Waals surface area contributed by atoms with Crippen LogP contribution in [0.4, 0.5) is 5.88 Å². The van der Waals surface area contributed by atoms with E-state index >= 15 is 0 Å². The molecular weight excluding hydrogens is 320 g/mol. The maximum Gasteiger partial charge on any atom is 0.433 e. The van der Waals surface area contributed by atoms with Crippen molar-refractivity contribution in [3.8, 4) is 23.2 Å². The van der Waals surface area contributed by atoms with Gasteiger partial charge in [-0.15, -0.1) is 0 Å². The molecule has 0 unspecified atom stereocenters. The zero-order valence-electron chi connectivity index (χ0n) is 11.9. The molecule has 8 heteroatoms. The van der Waals surface area contributed by atoms with Crippen molar-refractivity contribution < 1.29 is 9.34 Å². The van der Waals surface area contributed by atoms with Gasteiger partial charge >= 0.3 is 5.88 Å². The third-order valence-corrected chi connectivity index (χ3v) is 3.67. The normalized spacial score (nSPS) is 10.5. The quantitative estimate of drug-likeness (QED) is 0.536. The topological polar surface area (TPSA) is 97.9 Å². The van der Waals surface area contributed by atoms with Crippen LogP contribution in [0.25, 0.3) is 17.1 Å². The number of halogens is 1. The Morgan fingerprint density at radius 2 is 2.17 bits per heavy atom. The van der Waals surface area contributed by atoms with Crippen LogP contribution >= 0.6 is 11.6 Å². The Labute approximate surface area is 135 Å². The van der Waals surface area contributed by atoms with Crippen molar-refractivity contribution in [3.63, 3.8) is 0 Å². The van der Waals surface area contributed by atoms with Gasteiger partial charge in [0, 0.05) is 11.2 Å². The molecule has 0 aliphatic heterocycles. The Balaban J connectivity index is 2.08. The number of nitriles is 1. The Hall–Kier alpha value is -3.11. The van der Waals surface area contributed by atoms with E-state index in [-0.39, 0.29) is 17.0 Å². The van der Waals surface area contributed by atoms with Crippen LogP contribution in [-0.4, -0.2) is 14.7 Å². The van der Waals surface area contributed by atoms with E-state index < -0.39 is 10.8 Å². The Kier molecular flexibility index (Phi) is 3.60. The molecule has 2 heterocycles. The van der Waals surface area contributed by atoms with Crippen molar-refractivity contribution >= 4 is 17.5 Å². The minimum absolute atomic E-state index is 0.158. The summed E-state index contributed by atoms with van der Waals surface area (Å²) in [6.07, 6.45) is 1.52. The second-order valence-electron chi connectivity index (χ2n) is 4.78. The number of aryl methyl sites for hydroxylation is 1. The molecule has 0 amide bonds. The zero-order chi connectivity index (χ0) is 16.6. The van der Waals surface area contributed by atoms with Gasteiger partial charge in [-0.2, -0.15) is 10.4 Å². The van der Waals surface area contributed by atoms with Gasteiger partial charge in [0.05, 0.1) is 11.8 Å². The molecule has 0 fully saturated rings. The second-order valence-corrected chi connectivity index (χ2v) is 5.18. The highest BCUT2D eigenvalue weighted by Crippen LogP contribution is 2.28. The largest absolute Gasteiger partial charge is 0.433 e. The van der Waals surface area contributed by atoms with E-state index in [9.17, 15) is 15.4 Å². The van der Waals surface area contributed by atoms with E-state index in [1.807, 2.05) is 25.1 Å². The predicted octanol–water partition coefficient (Wildman–Crippen LogP) is 3.87. The summed E-state index contributed by atoms with van der Waals surface area (Å²) < 4.78 is 6.59. The average molecular weight is 329 g/mol. The predicted molar refractivity (Wildman–Crippen MR) is 82.4 cm³/mol. The summed E-state index contributed by atoms with van der Waals surface area (Å²) in [5.74, 6) is -0.248. The van der Waals surface area contributed by atoms with E-state index in [0.29, 0.717) is 10.7 Å². The summed E-state index contributed by atoms with van der Waals surface area (Å²) in [5.41, 5.74) is 2.07. The number of hydrogen-bond donors (Lipinski definition) is 0. The van der Waals surface area contributed by atoms with Crippen molar-refractivity contribution in [1.29, 1.82) is 5.26 Å². The minimum Gasteiger partial charge on any atom is -0.399 e. The van der Waals surface area contributed by atoms with E-state index in [4.69, 9.17) is 16.0 Å². The molecule has 1 aromatic carbocycles. The highest BCUT2D eigenvalue weighted by atomic mass is 35.5.